The zero-order chi connectivity index (χ0) is 9.84. The van der Waals surface area contributed by atoms with Gasteiger partial charge in [0.05, 0.1) is 0 Å². The van der Waals surface area contributed by atoms with Crippen LogP contribution >= 0.6 is 0 Å². The Bertz CT molecular complexity index is 240. The van der Waals surface area contributed by atoms with Gasteiger partial charge in [0.25, 0.3) is 0 Å². The van der Waals surface area contributed by atoms with E-state index in [4.69, 9.17) is 0 Å². The first-order valence-electron chi connectivity index (χ1n) is 4.17. The van der Waals surface area contributed by atoms with Gasteiger partial charge in [-0.25, -0.2) is 0 Å². The van der Waals surface area contributed by atoms with Crippen molar-refractivity contribution in [1.29, 1.82) is 0 Å². The van der Waals surface area contributed by atoms with Crippen molar-refractivity contribution in [3.8, 4) is 0 Å². The van der Waals surface area contributed by atoms with Crippen molar-refractivity contribution in [3.05, 3.63) is 0 Å². The van der Waals surface area contributed by atoms with E-state index in [1.54, 1.807) is 6.92 Å². The Labute approximate surface area is 76.1 Å². The third-order valence-corrected chi connectivity index (χ3v) is 1.89. The molecule has 0 spiro atoms. The molecule has 13 heavy (non-hydrogen) atoms. The lowest BCUT2D eigenvalue weighted by Crippen LogP contribution is -2.53. The van der Waals surface area contributed by atoms with Crippen LogP contribution in [-0.2, 0) is 14.4 Å². The molecule has 0 aliphatic carbocycles. The van der Waals surface area contributed by atoms with Crippen molar-refractivity contribution in [2.45, 2.75) is 6.92 Å². The summed E-state index contributed by atoms with van der Waals surface area (Å²) < 4.78 is 0. The maximum absolute atomic E-state index is 11.2. The van der Waals surface area contributed by atoms with E-state index in [-0.39, 0.29) is 5.92 Å². The molecule has 0 aromatic heterocycles. The molecule has 5 heteroatoms. The molecule has 1 heterocycles. The largest absolute Gasteiger partial charge is 0.346 e. The number of aldehydes is 1. The number of amides is 2. The molecular weight excluding hydrogens is 172 g/mol. The number of nitrogens with one attached hydrogen (secondary N) is 1. The maximum atomic E-state index is 11.2. The first-order chi connectivity index (χ1) is 6.15. The molecule has 1 N–H and O–H groups in total. The fraction of sp³-hybridized carbons (Fsp3) is 0.625. The van der Waals surface area contributed by atoms with Crippen LogP contribution in [0.2, 0.25) is 0 Å². The summed E-state index contributed by atoms with van der Waals surface area (Å²) in [5, 5.41) is 2.43. The average Bonchev–Trinajstić information content (AvgIpc) is 2.13. The van der Waals surface area contributed by atoms with Gasteiger partial charge in [0.1, 0.15) is 6.29 Å². The number of carbonyl (C=O) groups excluding carboxylic acids is 3. The fourth-order valence-corrected chi connectivity index (χ4v) is 1.19. The predicted octanol–water partition coefficient (Wildman–Crippen LogP) is -1.22. The normalized spacial score (nSPS) is 19.6. The van der Waals surface area contributed by atoms with Gasteiger partial charge in [0, 0.05) is 25.6 Å². The third kappa shape index (κ3) is 2.27. The maximum Gasteiger partial charge on any atom is 0.311 e. The monoisotopic (exact) mass is 184 g/mol. The molecule has 0 radical (unpaired) electrons. The van der Waals surface area contributed by atoms with Crippen molar-refractivity contribution in [1.82, 2.24) is 10.2 Å². The summed E-state index contributed by atoms with van der Waals surface area (Å²) in [4.78, 5) is 33.8. The fourth-order valence-electron chi connectivity index (χ4n) is 1.19. The number of nitrogens with zero attached hydrogens (tertiary/aromatic N) is 1. The standard InChI is InChI=1S/C8H12N2O3/c1-6(5-11)4-10-3-2-9-7(12)8(10)13/h5-6H,2-4H2,1H3,(H,9,12). The van der Waals surface area contributed by atoms with Gasteiger partial charge >= 0.3 is 11.8 Å². The summed E-state index contributed by atoms with van der Waals surface area (Å²) in [6.07, 6.45) is 0.778. The molecule has 1 unspecified atom stereocenters. The lowest BCUT2D eigenvalue weighted by molar-refractivity contribution is -0.148. The zero-order valence-electron chi connectivity index (χ0n) is 7.45. The second kappa shape index (κ2) is 4.02. The number of hydrogen-bond donors (Lipinski definition) is 1. The van der Waals surface area contributed by atoms with Crippen LogP contribution in [0.15, 0.2) is 0 Å². The molecule has 1 aliphatic heterocycles. The van der Waals surface area contributed by atoms with Crippen LogP contribution in [0.4, 0.5) is 0 Å². The van der Waals surface area contributed by atoms with Crippen molar-refractivity contribution < 1.29 is 14.4 Å². The number of carbonyl (C=O) groups is 3. The highest BCUT2D eigenvalue weighted by Gasteiger charge is 2.26. The van der Waals surface area contributed by atoms with Crippen LogP contribution in [0, 0.1) is 5.92 Å². The highest BCUT2D eigenvalue weighted by Crippen LogP contribution is 2.00. The molecule has 72 valence electrons. The minimum atomic E-state index is -0.579. The molecule has 0 aromatic rings. The smallest absolute Gasteiger partial charge is 0.311 e. The van der Waals surface area contributed by atoms with Crippen LogP contribution in [-0.4, -0.2) is 42.6 Å². The topological polar surface area (TPSA) is 66.5 Å². The van der Waals surface area contributed by atoms with Crippen LogP contribution in [0.3, 0.4) is 0 Å². The second-order valence-corrected chi connectivity index (χ2v) is 3.12. The summed E-state index contributed by atoms with van der Waals surface area (Å²) in [5.74, 6) is -1.33. The number of hydrogen-bond acceptors (Lipinski definition) is 3. The van der Waals surface area contributed by atoms with E-state index < -0.39 is 11.8 Å². The Morgan fingerprint density at radius 2 is 2.31 bits per heavy atom. The van der Waals surface area contributed by atoms with Crippen molar-refractivity contribution in [3.63, 3.8) is 0 Å². The van der Waals surface area contributed by atoms with Crippen LogP contribution in [0.1, 0.15) is 6.92 Å². The SMILES string of the molecule is CC(C=O)CN1CCNC(=O)C1=O. The van der Waals surface area contributed by atoms with Gasteiger partial charge in [-0.1, -0.05) is 6.92 Å². The summed E-state index contributed by atoms with van der Waals surface area (Å²) >= 11 is 0. The summed E-state index contributed by atoms with van der Waals surface area (Å²) in [5.41, 5.74) is 0. The average molecular weight is 184 g/mol. The Morgan fingerprint density at radius 3 is 2.92 bits per heavy atom. The van der Waals surface area contributed by atoms with Crippen LogP contribution < -0.4 is 5.32 Å². The van der Waals surface area contributed by atoms with Crippen LogP contribution in [0.25, 0.3) is 0 Å². The zero-order valence-corrected chi connectivity index (χ0v) is 7.45. The predicted molar refractivity (Wildman–Crippen MR) is 44.8 cm³/mol. The van der Waals surface area contributed by atoms with Gasteiger partial charge in [-0.2, -0.15) is 0 Å². The van der Waals surface area contributed by atoms with E-state index in [0.29, 0.717) is 19.6 Å². The van der Waals surface area contributed by atoms with E-state index in [1.165, 1.54) is 4.90 Å². The number of piperazine rings is 1. The van der Waals surface area contributed by atoms with Gasteiger partial charge in [-0.05, 0) is 0 Å². The van der Waals surface area contributed by atoms with Crippen LogP contribution in [0.5, 0.6) is 0 Å². The van der Waals surface area contributed by atoms with Gasteiger partial charge < -0.3 is 15.0 Å². The molecule has 5 nitrogen and oxygen atoms in total. The second-order valence-electron chi connectivity index (χ2n) is 3.12. The highest BCUT2D eigenvalue weighted by atomic mass is 16.2. The molecule has 1 aliphatic rings. The molecule has 1 fully saturated rings. The summed E-state index contributed by atoms with van der Waals surface area (Å²) in [7, 11) is 0. The molecule has 1 atom stereocenters. The molecule has 1 rings (SSSR count). The van der Waals surface area contributed by atoms with Gasteiger partial charge in [-0.3, -0.25) is 9.59 Å². The van der Waals surface area contributed by atoms with E-state index in [9.17, 15) is 14.4 Å². The Morgan fingerprint density at radius 1 is 1.62 bits per heavy atom. The summed E-state index contributed by atoms with van der Waals surface area (Å²) in [6, 6.07) is 0. The molecule has 1 saturated heterocycles. The van der Waals surface area contributed by atoms with Gasteiger partial charge in [0.15, 0.2) is 0 Å². The molecule has 2 amide bonds. The minimum Gasteiger partial charge on any atom is -0.346 e. The Kier molecular flexibility index (Phi) is 3.00. The first-order valence-corrected chi connectivity index (χ1v) is 4.17. The molecule has 0 saturated carbocycles. The number of rotatable bonds is 3. The van der Waals surface area contributed by atoms with E-state index in [0.717, 1.165) is 6.29 Å². The van der Waals surface area contributed by atoms with Crippen molar-refractivity contribution >= 4 is 18.1 Å². The van der Waals surface area contributed by atoms with E-state index in [1.807, 2.05) is 0 Å². The van der Waals surface area contributed by atoms with E-state index >= 15 is 0 Å². The van der Waals surface area contributed by atoms with Crippen molar-refractivity contribution in [2.24, 2.45) is 5.92 Å². The molecular formula is C8H12N2O3. The van der Waals surface area contributed by atoms with Crippen molar-refractivity contribution in [2.75, 3.05) is 19.6 Å². The van der Waals surface area contributed by atoms with E-state index in [2.05, 4.69) is 5.32 Å². The minimum absolute atomic E-state index is 0.213. The Balaban J connectivity index is 2.53. The lowest BCUT2D eigenvalue weighted by Gasteiger charge is -2.27. The van der Waals surface area contributed by atoms with Gasteiger partial charge in [0.2, 0.25) is 0 Å². The first kappa shape index (κ1) is 9.70. The Hall–Kier alpha value is -1.39. The molecule has 0 bridgehead atoms. The quantitative estimate of drug-likeness (QED) is 0.441. The van der Waals surface area contributed by atoms with Gasteiger partial charge in [-0.15, -0.1) is 0 Å². The molecule has 0 aromatic carbocycles. The summed E-state index contributed by atoms with van der Waals surface area (Å²) in [6.45, 7) is 3.00. The highest BCUT2D eigenvalue weighted by molar-refractivity contribution is 6.35. The third-order valence-electron chi connectivity index (χ3n) is 1.89. The lowest BCUT2D eigenvalue weighted by atomic mass is 10.2.